The van der Waals surface area contributed by atoms with Crippen LogP contribution < -0.4 is 4.72 Å². The van der Waals surface area contributed by atoms with Crippen molar-refractivity contribution in [1.29, 1.82) is 0 Å². The van der Waals surface area contributed by atoms with Crippen molar-refractivity contribution >= 4 is 10.0 Å². The van der Waals surface area contributed by atoms with Crippen LogP contribution in [0.2, 0.25) is 0 Å². The van der Waals surface area contributed by atoms with Gasteiger partial charge in [0.2, 0.25) is 10.0 Å². The normalized spacial score (nSPS) is 23.2. The fourth-order valence-electron chi connectivity index (χ4n) is 2.28. The van der Waals surface area contributed by atoms with Gasteiger partial charge in [-0.15, -0.1) is 0 Å². The summed E-state index contributed by atoms with van der Waals surface area (Å²) in [5.74, 6) is -0.735. The highest BCUT2D eigenvalue weighted by Crippen LogP contribution is 2.25. The highest BCUT2D eigenvalue weighted by atomic mass is 32.2. The molecule has 2 rings (SSSR count). The summed E-state index contributed by atoms with van der Waals surface area (Å²) >= 11 is 0. The van der Waals surface area contributed by atoms with Gasteiger partial charge in [0, 0.05) is 12.6 Å². The molecular weight excluding hydrogens is 269 g/mol. The smallest absolute Gasteiger partial charge is 0.243 e. The molecule has 0 aromatic heterocycles. The molecule has 0 bridgehead atoms. The van der Waals surface area contributed by atoms with Crippen molar-refractivity contribution in [1.82, 2.24) is 4.72 Å². The zero-order chi connectivity index (χ0) is 14.1. The van der Waals surface area contributed by atoms with Crippen LogP contribution in [0.3, 0.4) is 0 Å². The summed E-state index contributed by atoms with van der Waals surface area (Å²) in [5, 5.41) is 0. The number of hydrogen-bond donors (Lipinski definition) is 1. The van der Waals surface area contributed by atoms with E-state index < -0.39 is 15.8 Å². The van der Waals surface area contributed by atoms with Crippen molar-refractivity contribution in [3.05, 3.63) is 30.1 Å². The number of sulfonamides is 1. The fourth-order valence-corrected chi connectivity index (χ4v) is 3.63. The molecule has 6 heteroatoms. The Labute approximate surface area is 113 Å². The first kappa shape index (κ1) is 14.4. The number of nitrogens with one attached hydrogen (secondary N) is 1. The summed E-state index contributed by atoms with van der Waals surface area (Å²) in [6, 6.07) is 5.15. The Balaban J connectivity index is 2.16. The average Bonchev–Trinajstić information content (AvgIpc) is 2.27. The van der Waals surface area contributed by atoms with E-state index in [0.717, 1.165) is 6.07 Å². The first-order valence-corrected chi connectivity index (χ1v) is 7.69. The fraction of sp³-hybridized carbons (Fsp3) is 0.538. The highest BCUT2D eigenvalue weighted by Gasteiger charge is 2.32. The Bertz CT molecular complexity index is 557. The van der Waals surface area contributed by atoms with E-state index in [2.05, 4.69) is 4.72 Å². The first-order valence-electron chi connectivity index (χ1n) is 6.21. The van der Waals surface area contributed by atoms with Gasteiger partial charge in [0.25, 0.3) is 0 Å². The molecule has 106 valence electrons. The summed E-state index contributed by atoms with van der Waals surface area (Å²) in [6.07, 6.45) is 1.16. The van der Waals surface area contributed by atoms with Crippen LogP contribution in [0.15, 0.2) is 29.2 Å². The van der Waals surface area contributed by atoms with E-state index in [-0.39, 0.29) is 16.5 Å². The highest BCUT2D eigenvalue weighted by molar-refractivity contribution is 7.89. The van der Waals surface area contributed by atoms with Gasteiger partial charge in [-0.1, -0.05) is 12.1 Å². The second-order valence-corrected chi connectivity index (χ2v) is 7.03. The van der Waals surface area contributed by atoms with E-state index >= 15 is 0 Å². The summed E-state index contributed by atoms with van der Waals surface area (Å²) < 4.78 is 45.9. The van der Waals surface area contributed by atoms with Crippen molar-refractivity contribution in [3.8, 4) is 0 Å². The summed E-state index contributed by atoms with van der Waals surface area (Å²) in [6.45, 7) is 4.32. The molecule has 0 saturated carbocycles. The van der Waals surface area contributed by atoms with Gasteiger partial charge in [-0.25, -0.2) is 17.5 Å². The molecule has 1 heterocycles. The maximum atomic E-state index is 13.5. The largest absolute Gasteiger partial charge is 0.375 e. The molecule has 1 aliphatic rings. The molecule has 0 spiro atoms. The molecule has 4 nitrogen and oxygen atoms in total. The summed E-state index contributed by atoms with van der Waals surface area (Å²) in [4.78, 5) is -0.306. The molecule has 0 radical (unpaired) electrons. The monoisotopic (exact) mass is 287 g/mol. The number of benzene rings is 1. The molecule has 1 fully saturated rings. The second kappa shape index (κ2) is 5.19. The predicted molar refractivity (Wildman–Crippen MR) is 69.8 cm³/mol. The van der Waals surface area contributed by atoms with Crippen LogP contribution in [0.4, 0.5) is 4.39 Å². The predicted octanol–water partition coefficient (Wildman–Crippen LogP) is 2.06. The second-order valence-electron chi connectivity index (χ2n) is 5.35. The number of hydrogen-bond acceptors (Lipinski definition) is 3. The maximum Gasteiger partial charge on any atom is 0.243 e. The molecule has 1 unspecified atom stereocenters. The van der Waals surface area contributed by atoms with Gasteiger partial charge in [0.1, 0.15) is 10.7 Å². The average molecular weight is 287 g/mol. The van der Waals surface area contributed by atoms with Gasteiger partial charge >= 0.3 is 0 Å². The third kappa shape index (κ3) is 3.52. The zero-order valence-corrected chi connectivity index (χ0v) is 11.8. The van der Waals surface area contributed by atoms with Gasteiger partial charge in [-0.3, -0.25) is 0 Å². The van der Waals surface area contributed by atoms with Crippen LogP contribution in [-0.2, 0) is 14.8 Å². The molecule has 0 aliphatic carbocycles. The van der Waals surface area contributed by atoms with Crippen LogP contribution >= 0.6 is 0 Å². The molecule has 1 aliphatic heterocycles. The Morgan fingerprint density at radius 1 is 1.37 bits per heavy atom. The Kier molecular flexibility index (Phi) is 3.94. The van der Waals surface area contributed by atoms with Crippen LogP contribution in [0.25, 0.3) is 0 Å². The van der Waals surface area contributed by atoms with Crippen LogP contribution in [0, 0.1) is 5.82 Å². The number of halogens is 1. The third-order valence-electron chi connectivity index (χ3n) is 3.15. The van der Waals surface area contributed by atoms with Crippen molar-refractivity contribution in [2.45, 2.75) is 43.2 Å². The Morgan fingerprint density at radius 2 is 2.05 bits per heavy atom. The quantitative estimate of drug-likeness (QED) is 0.926. The molecule has 1 aromatic carbocycles. The van der Waals surface area contributed by atoms with Crippen molar-refractivity contribution in [2.75, 3.05) is 6.61 Å². The molecule has 1 N–H and O–H groups in total. The molecular formula is C13H18FNO3S. The van der Waals surface area contributed by atoms with E-state index in [9.17, 15) is 12.8 Å². The molecule has 0 amide bonds. The summed E-state index contributed by atoms with van der Waals surface area (Å²) in [5.41, 5.74) is -0.360. The zero-order valence-electron chi connectivity index (χ0n) is 11.0. The van der Waals surface area contributed by atoms with Crippen LogP contribution in [-0.4, -0.2) is 26.7 Å². The molecule has 19 heavy (non-hydrogen) atoms. The van der Waals surface area contributed by atoms with Gasteiger partial charge < -0.3 is 4.74 Å². The molecule has 1 saturated heterocycles. The van der Waals surface area contributed by atoms with Crippen LogP contribution in [0.1, 0.15) is 26.7 Å². The standard InChI is InChI=1S/C13H18FNO3S/c1-13(2)9-10(7-8-18-13)15-19(16,17)12-6-4-3-5-11(12)14/h3-6,10,15H,7-9H2,1-2H3. The van der Waals surface area contributed by atoms with Crippen molar-refractivity contribution in [2.24, 2.45) is 0 Å². The van der Waals surface area contributed by atoms with Crippen molar-refractivity contribution < 1.29 is 17.5 Å². The minimum absolute atomic E-state index is 0.228. The number of rotatable bonds is 3. The van der Waals surface area contributed by atoms with Gasteiger partial charge in [-0.2, -0.15) is 0 Å². The lowest BCUT2D eigenvalue weighted by molar-refractivity contribution is -0.0599. The van der Waals surface area contributed by atoms with Crippen molar-refractivity contribution in [3.63, 3.8) is 0 Å². The van der Waals surface area contributed by atoms with E-state index in [1.807, 2.05) is 13.8 Å². The summed E-state index contributed by atoms with van der Waals surface area (Å²) in [7, 11) is -3.82. The minimum atomic E-state index is -3.82. The van der Waals surface area contributed by atoms with E-state index in [1.165, 1.54) is 18.2 Å². The molecule has 1 atom stereocenters. The van der Waals surface area contributed by atoms with Gasteiger partial charge in [0.05, 0.1) is 5.60 Å². The van der Waals surface area contributed by atoms with Gasteiger partial charge in [0.15, 0.2) is 0 Å². The SMILES string of the molecule is CC1(C)CC(NS(=O)(=O)c2ccccc2F)CCO1. The lowest BCUT2D eigenvalue weighted by atomic mass is 9.95. The van der Waals surface area contributed by atoms with E-state index in [1.54, 1.807) is 0 Å². The Hall–Kier alpha value is -0.980. The first-order chi connectivity index (χ1) is 8.80. The maximum absolute atomic E-state index is 13.5. The lowest BCUT2D eigenvalue weighted by Crippen LogP contribution is -2.45. The topological polar surface area (TPSA) is 55.4 Å². The van der Waals surface area contributed by atoms with E-state index in [4.69, 9.17) is 4.74 Å². The Morgan fingerprint density at radius 3 is 2.68 bits per heavy atom. The van der Waals surface area contributed by atoms with E-state index in [0.29, 0.717) is 19.4 Å². The minimum Gasteiger partial charge on any atom is -0.375 e. The van der Waals surface area contributed by atoms with Crippen LogP contribution in [0.5, 0.6) is 0 Å². The molecule has 1 aromatic rings. The number of ether oxygens (including phenoxy) is 1. The lowest BCUT2D eigenvalue weighted by Gasteiger charge is -2.35. The third-order valence-corrected chi connectivity index (χ3v) is 4.70. The van der Waals surface area contributed by atoms with Gasteiger partial charge in [-0.05, 0) is 38.8 Å².